The van der Waals surface area contributed by atoms with Crippen LogP contribution in [-0.4, -0.2) is 23.4 Å². The summed E-state index contributed by atoms with van der Waals surface area (Å²) in [6.07, 6.45) is 4.22. The van der Waals surface area contributed by atoms with Crippen molar-refractivity contribution in [2.75, 3.05) is 11.4 Å². The number of rotatable bonds is 3. The Hall–Kier alpha value is -2.55. The highest BCUT2D eigenvalue weighted by atomic mass is 16.3. The minimum absolute atomic E-state index is 0.0233. The highest BCUT2D eigenvalue weighted by Crippen LogP contribution is 2.39. The molecule has 0 unspecified atom stereocenters. The number of allylic oxidation sites excluding steroid dienone is 1. The molecular formula is C22H26N2O. The number of aryl methyl sites for hydroxylation is 1. The third kappa shape index (κ3) is 3.32. The van der Waals surface area contributed by atoms with E-state index < -0.39 is 0 Å². The van der Waals surface area contributed by atoms with Crippen molar-refractivity contribution in [3.63, 3.8) is 0 Å². The standard InChI is InChI=1S/C22H26N2O/c1-6-24-21-10-15(2)17(11-20(21)16(3)13-22(24,4)5)14-23-18-8-7-9-19(25)12-18/h7-14,25H,6H2,1-5H3. The molecule has 0 saturated heterocycles. The van der Waals surface area contributed by atoms with Gasteiger partial charge in [0.25, 0.3) is 0 Å². The molecule has 25 heavy (non-hydrogen) atoms. The number of anilines is 1. The van der Waals surface area contributed by atoms with Crippen LogP contribution in [0.25, 0.3) is 5.57 Å². The van der Waals surface area contributed by atoms with Crippen LogP contribution in [0, 0.1) is 6.92 Å². The van der Waals surface area contributed by atoms with Crippen LogP contribution >= 0.6 is 0 Å². The van der Waals surface area contributed by atoms with E-state index >= 15 is 0 Å². The molecule has 1 heterocycles. The summed E-state index contributed by atoms with van der Waals surface area (Å²) in [5.41, 5.74) is 6.94. The maximum atomic E-state index is 9.58. The topological polar surface area (TPSA) is 35.8 Å². The first-order valence-electron chi connectivity index (χ1n) is 8.77. The molecule has 2 aromatic rings. The monoisotopic (exact) mass is 334 g/mol. The summed E-state index contributed by atoms with van der Waals surface area (Å²) < 4.78 is 0. The average molecular weight is 334 g/mol. The first-order chi connectivity index (χ1) is 11.8. The van der Waals surface area contributed by atoms with E-state index in [1.165, 1.54) is 22.4 Å². The Bertz CT molecular complexity index is 862. The molecule has 130 valence electrons. The molecule has 0 saturated carbocycles. The molecule has 1 aliphatic heterocycles. The van der Waals surface area contributed by atoms with Crippen LogP contribution in [0.4, 0.5) is 11.4 Å². The van der Waals surface area contributed by atoms with Crippen molar-refractivity contribution in [3.8, 4) is 5.75 Å². The summed E-state index contributed by atoms with van der Waals surface area (Å²) >= 11 is 0. The number of likely N-dealkylation sites (N-methyl/N-ethyl adjacent to an activating group) is 1. The van der Waals surface area contributed by atoms with Gasteiger partial charge in [0.15, 0.2) is 0 Å². The fourth-order valence-corrected chi connectivity index (χ4v) is 3.68. The molecule has 3 heteroatoms. The molecule has 0 radical (unpaired) electrons. The molecule has 0 atom stereocenters. The van der Waals surface area contributed by atoms with Gasteiger partial charge in [-0.15, -0.1) is 0 Å². The van der Waals surface area contributed by atoms with Crippen molar-refractivity contribution in [3.05, 3.63) is 59.2 Å². The second-order valence-corrected chi connectivity index (χ2v) is 7.23. The van der Waals surface area contributed by atoms with Gasteiger partial charge in [-0.3, -0.25) is 4.99 Å². The van der Waals surface area contributed by atoms with E-state index in [0.717, 1.165) is 17.8 Å². The van der Waals surface area contributed by atoms with Gasteiger partial charge in [0, 0.05) is 30.1 Å². The van der Waals surface area contributed by atoms with Gasteiger partial charge in [-0.25, -0.2) is 0 Å². The number of aromatic hydroxyl groups is 1. The molecule has 3 rings (SSSR count). The molecule has 2 aromatic carbocycles. The molecule has 0 aliphatic carbocycles. The summed E-state index contributed by atoms with van der Waals surface area (Å²) in [5, 5.41) is 9.58. The molecule has 0 spiro atoms. The molecule has 0 aromatic heterocycles. The lowest BCUT2D eigenvalue weighted by molar-refractivity contribution is 0.475. The first kappa shape index (κ1) is 17.3. The second-order valence-electron chi connectivity index (χ2n) is 7.23. The lowest BCUT2D eigenvalue weighted by atomic mass is 9.87. The van der Waals surface area contributed by atoms with Crippen molar-refractivity contribution >= 4 is 23.2 Å². The molecule has 0 amide bonds. The third-order valence-electron chi connectivity index (χ3n) is 4.86. The largest absolute Gasteiger partial charge is 0.508 e. The molecule has 0 fully saturated rings. The van der Waals surface area contributed by atoms with Crippen molar-refractivity contribution < 1.29 is 5.11 Å². The SMILES string of the molecule is CCN1c2cc(C)c(C=Nc3cccc(O)c3)cc2C(C)=CC1(C)C. The number of fused-ring (bicyclic) bond motifs is 1. The molecule has 1 aliphatic rings. The Morgan fingerprint density at radius 3 is 2.60 bits per heavy atom. The fraction of sp³-hybridized carbons (Fsp3) is 0.318. The second kappa shape index (κ2) is 6.40. The van der Waals surface area contributed by atoms with E-state index in [0.29, 0.717) is 0 Å². The van der Waals surface area contributed by atoms with Crippen LogP contribution in [0.15, 0.2) is 47.5 Å². The number of phenols is 1. The number of hydrogen-bond acceptors (Lipinski definition) is 3. The maximum absolute atomic E-state index is 9.58. The number of benzene rings is 2. The predicted molar refractivity (Wildman–Crippen MR) is 107 cm³/mol. The minimum atomic E-state index is 0.0233. The van der Waals surface area contributed by atoms with Crippen LogP contribution in [0.1, 0.15) is 44.4 Å². The summed E-state index contributed by atoms with van der Waals surface area (Å²) in [4.78, 5) is 6.96. The van der Waals surface area contributed by atoms with Crippen LogP contribution in [0.5, 0.6) is 5.75 Å². The summed E-state index contributed by atoms with van der Waals surface area (Å²) in [5.74, 6) is 0.233. The van der Waals surface area contributed by atoms with Crippen LogP contribution in [0.2, 0.25) is 0 Å². The zero-order valence-electron chi connectivity index (χ0n) is 15.7. The van der Waals surface area contributed by atoms with E-state index in [4.69, 9.17) is 0 Å². The number of hydrogen-bond donors (Lipinski definition) is 1. The Morgan fingerprint density at radius 1 is 1.16 bits per heavy atom. The number of nitrogens with zero attached hydrogens (tertiary/aromatic N) is 2. The highest BCUT2D eigenvalue weighted by molar-refractivity contribution is 5.90. The Balaban J connectivity index is 2.03. The predicted octanol–water partition coefficient (Wildman–Crippen LogP) is 5.47. The lowest BCUT2D eigenvalue weighted by Gasteiger charge is -2.43. The van der Waals surface area contributed by atoms with Gasteiger partial charge in [0.1, 0.15) is 5.75 Å². The van der Waals surface area contributed by atoms with Crippen LogP contribution < -0.4 is 4.90 Å². The van der Waals surface area contributed by atoms with Crippen molar-refractivity contribution in [2.24, 2.45) is 4.99 Å². The number of phenolic OH excluding ortho intramolecular Hbond substituents is 1. The van der Waals surface area contributed by atoms with E-state index in [2.05, 4.69) is 62.7 Å². The van der Waals surface area contributed by atoms with E-state index in [9.17, 15) is 5.11 Å². The van der Waals surface area contributed by atoms with Crippen molar-refractivity contribution in [2.45, 2.75) is 40.2 Å². The summed E-state index contributed by atoms with van der Waals surface area (Å²) in [7, 11) is 0. The normalized spacial score (nSPS) is 16.0. The van der Waals surface area contributed by atoms with Crippen LogP contribution in [0.3, 0.4) is 0 Å². The van der Waals surface area contributed by atoms with Gasteiger partial charge in [0.05, 0.1) is 11.2 Å². The Labute approximate surface area is 150 Å². The Kier molecular flexibility index (Phi) is 4.42. The fourth-order valence-electron chi connectivity index (χ4n) is 3.68. The van der Waals surface area contributed by atoms with Gasteiger partial charge >= 0.3 is 0 Å². The van der Waals surface area contributed by atoms with E-state index in [1.807, 2.05) is 12.3 Å². The summed E-state index contributed by atoms with van der Waals surface area (Å²) in [6, 6.07) is 11.5. The van der Waals surface area contributed by atoms with Gasteiger partial charge in [-0.1, -0.05) is 12.1 Å². The first-order valence-corrected chi connectivity index (χ1v) is 8.77. The zero-order valence-corrected chi connectivity index (χ0v) is 15.7. The van der Waals surface area contributed by atoms with E-state index in [1.54, 1.807) is 18.2 Å². The molecular weight excluding hydrogens is 308 g/mol. The van der Waals surface area contributed by atoms with Gasteiger partial charge < -0.3 is 10.0 Å². The van der Waals surface area contributed by atoms with Gasteiger partial charge in [-0.05, 0) is 75.6 Å². The molecule has 1 N–H and O–H groups in total. The molecule has 0 bridgehead atoms. The zero-order chi connectivity index (χ0) is 18.2. The maximum Gasteiger partial charge on any atom is 0.117 e. The lowest BCUT2D eigenvalue weighted by Crippen LogP contribution is -2.45. The average Bonchev–Trinajstić information content (AvgIpc) is 2.53. The molecule has 3 nitrogen and oxygen atoms in total. The minimum Gasteiger partial charge on any atom is -0.508 e. The Morgan fingerprint density at radius 2 is 1.92 bits per heavy atom. The van der Waals surface area contributed by atoms with Crippen LogP contribution in [-0.2, 0) is 0 Å². The third-order valence-corrected chi connectivity index (χ3v) is 4.86. The van der Waals surface area contributed by atoms with Crippen molar-refractivity contribution in [1.82, 2.24) is 0 Å². The smallest absolute Gasteiger partial charge is 0.117 e. The number of aliphatic imine (C=N–C) groups is 1. The van der Waals surface area contributed by atoms with E-state index in [-0.39, 0.29) is 11.3 Å². The van der Waals surface area contributed by atoms with Gasteiger partial charge in [-0.2, -0.15) is 0 Å². The highest BCUT2D eigenvalue weighted by Gasteiger charge is 2.30. The summed E-state index contributed by atoms with van der Waals surface area (Å²) in [6.45, 7) is 12.0. The van der Waals surface area contributed by atoms with Crippen molar-refractivity contribution in [1.29, 1.82) is 0 Å². The quantitative estimate of drug-likeness (QED) is 0.755. The van der Waals surface area contributed by atoms with Gasteiger partial charge in [0.2, 0.25) is 0 Å².